The fraction of sp³-hybridized carbons (Fsp3) is 0.238. The Morgan fingerprint density at radius 3 is 2.59 bits per heavy atom. The topological polar surface area (TPSA) is 53.2 Å². The lowest BCUT2D eigenvalue weighted by Crippen LogP contribution is -2.34. The number of aryl methyl sites for hydroxylation is 2. The van der Waals surface area contributed by atoms with Crippen LogP contribution in [0, 0.1) is 19.7 Å². The molecule has 1 N–H and O–H groups in total. The monoisotopic (exact) mass is 384 g/mol. The van der Waals surface area contributed by atoms with Gasteiger partial charge in [0, 0.05) is 35.8 Å². The molecule has 0 spiro atoms. The SMILES string of the molecule is Cc1ccc(S(=O)(=O)N2CC=C(c3c[nH]c4ccc(F)cc34)CC2)cc1C. The van der Waals surface area contributed by atoms with Crippen LogP contribution < -0.4 is 0 Å². The molecule has 1 aromatic heterocycles. The van der Waals surface area contributed by atoms with Crippen LogP contribution in [0.3, 0.4) is 0 Å². The molecule has 4 rings (SSSR count). The number of aromatic amines is 1. The molecule has 0 aliphatic carbocycles. The van der Waals surface area contributed by atoms with Gasteiger partial charge in [0.2, 0.25) is 10.0 Å². The number of benzene rings is 2. The summed E-state index contributed by atoms with van der Waals surface area (Å²) in [5.74, 6) is -0.279. The van der Waals surface area contributed by atoms with Crippen LogP contribution in [-0.2, 0) is 10.0 Å². The summed E-state index contributed by atoms with van der Waals surface area (Å²) in [6.45, 7) is 4.60. The van der Waals surface area contributed by atoms with Gasteiger partial charge in [0.05, 0.1) is 4.90 Å². The highest BCUT2D eigenvalue weighted by atomic mass is 32.2. The molecule has 0 amide bonds. The standard InChI is InChI=1S/C21H21FN2O2S/c1-14-3-5-18(11-15(14)2)27(25,26)24-9-7-16(8-10-24)20-13-23-21-6-4-17(22)12-19(20)21/h3-7,11-13,23H,8-10H2,1-2H3. The van der Waals surface area contributed by atoms with E-state index in [1.807, 2.05) is 32.2 Å². The third kappa shape index (κ3) is 3.19. The molecule has 2 aromatic carbocycles. The first-order valence-corrected chi connectivity index (χ1v) is 10.3. The Bertz CT molecular complexity index is 1160. The molecule has 27 heavy (non-hydrogen) atoms. The van der Waals surface area contributed by atoms with E-state index in [-0.39, 0.29) is 5.82 Å². The van der Waals surface area contributed by atoms with Crippen molar-refractivity contribution in [1.82, 2.24) is 9.29 Å². The fourth-order valence-electron chi connectivity index (χ4n) is 3.50. The Hall–Kier alpha value is -2.44. The molecule has 1 aliphatic rings. The number of aromatic nitrogens is 1. The minimum Gasteiger partial charge on any atom is -0.361 e. The summed E-state index contributed by atoms with van der Waals surface area (Å²) in [5, 5.41) is 0.826. The number of fused-ring (bicyclic) bond motifs is 1. The Balaban J connectivity index is 1.62. The van der Waals surface area contributed by atoms with Gasteiger partial charge in [-0.25, -0.2) is 12.8 Å². The fourth-order valence-corrected chi connectivity index (χ4v) is 4.96. The van der Waals surface area contributed by atoms with Gasteiger partial charge in [0.25, 0.3) is 0 Å². The molecular formula is C21H21FN2O2S. The van der Waals surface area contributed by atoms with Crippen LogP contribution in [0.2, 0.25) is 0 Å². The van der Waals surface area contributed by atoms with E-state index in [4.69, 9.17) is 0 Å². The maximum absolute atomic E-state index is 13.6. The molecule has 0 bridgehead atoms. The minimum absolute atomic E-state index is 0.279. The second-order valence-electron chi connectivity index (χ2n) is 6.98. The Morgan fingerprint density at radius 2 is 1.89 bits per heavy atom. The number of sulfonamides is 1. The van der Waals surface area contributed by atoms with E-state index in [0.29, 0.717) is 24.4 Å². The van der Waals surface area contributed by atoms with Gasteiger partial charge in [0.15, 0.2) is 0 Å². The van der Waals surface area contributed by atoms with E-state index >= 15 is 0 Å². The lowest BCUT2D eigenvalue weighted by molar-refractivity contribution is 0.441. The van der Waals surface area contributed by atoms with Crippen LogP contribution in [0.5, 0.6) is 0 Å². The second-order valence-corrected chi connectivity index (χ2v) is 8.92. The normalized spacial score (nSPS) is 15.9. The summed E-state index contributed by atoms with van der Waals surface area (Å²) in [5.41, 5.74) is 4.88. The zero-order valence-corrected chi connectivity index (χ0v) is 16.1. The number of halogens is 1. The van der Waals surface area contributed by atoms with Crippen LogP contribution in [0.4, 0.5) is 4.39 Å². The van der Waals surface area contributed by atoms with E-state index in [2.05, 4.69) is 4.98 Å². The molecule has 0 fully saturated rings. The first-order chi connectivity index (χ1) is 12.9. The van der Waals surface area contributed by atoms with Crippen molar-refractivity contribution in [2.24, 2.45) is 0 Å². The molecule has 0 unspecified atom stereocenters. The molecule has 2 heterocycles. The Labute approximate surface area is 158 Å². The highest BCUT2D eigenvalue weighted by Gasteiger charge is 2.27. The summed E-state index contributed by atoms with van der Waals surface area (Å²) in [4.78, 5) is 3.48. The van der Waals surface area contributed by atoms with Gasteiger partial charge in [-0.2, -0.15) is 4.31 Å². The Morgan fingerprint density at radius 1 is 1.07 bits per heavy atom. The zero-order chi connectivity index (χ0) is 19.2. The van der Waals surface area contributed by atoms with Crippen LogP contribution in [0.25, 0.3) is 16.5 Å². The smallest absolute Gasteiger partial charge is 0.243 e. The molecule has 6 heteroatoms. The summed E-state index contributed by atoms with van der Waals surface area (Å²) in [7, 11) is -3.52. The van der Waals surface area contributed by atoms with E-state index < -0.39 is 10.0 Å². The lowest BCUT2D eigenvalue weighted by atomic mass is 10.00. The minimum atomic E-state index is -3.52. The molecule has 140 valence electrons. The molecule has 3 aromatic rings. The molecule has 0 atom stereocenters. The van der Waals surface area contributed by atoms with Gasteiger partial charge >= 0.3 is 0 Å². The van der Waals surface area contributed by atoms with Gasteiger partial charge in [-0.05, 0) is 67.3 Å². The van der Waals surface area contributed by atoms with E-state index in [1.54, 1.807) is 18.2 Å². The largest absolute Gasteiger partial charge is 0.361 e. The van der Waals surface area contributed by atoms with Crippen molar-refractivity contribution in [3.63, 3.8) is 0 Å². The zero-order valence-electron chi connectivity index (χ0n) is 15.3. The predicted octanol–water partition coefficient (Wildman–Crippen LogP) is 4.40. The van der Waals surface area contributed by atoms with Gasteiger partial charge in [-0.1, -0.05) is 12.1 Å². The number of nitrogens with zero attached hydrogens (tertiary/aromatic N) is 1. The third-order valence-electron chi connectivity index (χ3n) is 5.28. The van der Waals surface area contributed by atoms with Crippen molar-refractivity contribution in [2.45, 2.75) is 25.2 Å². The number of hydrogen-bond donors (Lipinski definition) is 1. The number of nitrogens with one attached hydrogen (secondary N) is 1. The quantitative estimate of drug-likeness (QED) is 0.728. The van der Waals surface area contributed by atoms with Crippen molar-refractivity contribution >= 4 is 26.5 Å². The highest BCUT2D eigenvalue weighted by Crippen LogP contribution is 2.31. The van der Waals surface area contributed by atoms with E-state index in [0.717, 1.165) is 33.2 Å². The van der Waals surface area contributed by atoms with Crippen molar-refractivity contribution in [3.05, 3.63) is 71.2 Å². The van der Waals surface area contributed by atoms with Crippen LogP contribution in [-0.4, -0.2) is 30.8 Å². The van der Waals surface area contributed by atoms with Crippen LogP contribution in [0.1, 0.15) is 23.1 Å². The molecule has 0 radical (unpaired) electrons. The van der Waals surface area contributed by atoms with Gasteiger partial charge in [-0.15, -0.1) is 0 Å². The summed E-state index contributed by atoms with van der Waals surface area (Å²) < 4.78 is 41.0. The molecular weight excluding hydrogens is 363 g/mol. The van der Waals surface area contributed by atoms with Crippen molar-refractivity contribution in [3.8, 4) is 0 Å². The lowest BCUT2D eigenvalue weighted by Gasteiger charge is -2.26. The number of H-pyrrole nitrogens is 1. The Kier molecular flexibility index (Phi) is 4.40. The van der Waals surface area contributed by atoms with Crippen LogP contribution in [0.15, 0.2) is 53.6 Å². The average Bonchev–Trinajstić information content (AvgIpc) is 3.07. The maximum Gasteiger partial charge on any atom is 0.243 e. The third-order valence-corrected chi connectivity index (χ3v) is 7.14. The molecule has 4 nitrogen and oxygen atoms in total. The average molecular weight is 384 g/mol. The first kappa shape index (κ1) is 17.9. The summed E-state index contributed by atoms with van der Waals surface area (Å²) >= 11 is 0. The second kappa shape index (κ2) is 6.62. The number of rotatable bonds is 3. The van der Waals surface area contributed by atoms with Crippen molar-refractivity contribution in [2.75, 3.05) is 13.1 Å². The first-order valence-electron chi connectivity index (χ1n) is 8.90. The van der Waals surface area contributed by atoms with Crippen molar-refractivity contribution in [1.29, 1.82) is 0 Å². The van der Waals surface area contributed by atoms with Gasteiger partial charge in [-0.3, -0.25) is 0 Å². The molecule has 0 saturated heterocycles. The van der Waals surface area contributed by atoms with Crippen molar-refractivity contribution < 1.29 is 12.8 Å². The molecule has 1 aliphatic heterocycles. The van der Waals surface area contributed by atoms with Gasteiger partial charge in [0.1, 0.15) is 5.82 Å². The summed E-state index contributed by atoms with van der Waals surface area (Å²) in [6.07, 6.45) is 4.38. The highest BCUT2D eigenvalue weighted by molar-refractivity contribution is 7.89. The summed E-state index contributed by atoms with van der Waals surface area (Å²) in [6, 6.07) is 9.89. The van der Waals surface area contributed by atoms with E-state index in [1.165, 1.54) is 16.4 Å². The molecule has 0 saturated carbocycles. The number of hydrogen-bond acceptors (Lipinski definition) is 2. The maximum atomic E-state index is 13.6. The van der Waals surface area contributed by atoms with E-state index in [9.17, 15) is 12.8 Å². The predicted molar refractivity (Wildman–Crippen MR) is 106 cm³/mol. The van der Waals surface area contributed by atoms with Crippen LogP contribution >= 0.6 is 0 Å². The van der Waals surface area contributed by atoms with Gasteiger partial charge < -0.3 is 4.98 Å².